The smallest absolute Gasteiger partial charge is 0.108 e. The fraction of sp³-hybridized carbons (Fsp3) is 0.941. The van der Waals surface area contributed by atoms with Crippen LogP contribution < -0.4 is 5.32 Å². The first-order chi connectivity index (χ1) is 9.40. The van der Waals surface area contributed by atoms with Crippen molar-refractivity contribution in [1.29, 1.82) is 5.26 Å². The third-order valence-electron chi connectivity index (χ3n) is 5.68. The number of nitrogens with zero attached hydrogens (tertiary/aromatic N) is 2. The summed E-state index contributed by atoms with van der Waals surface area (Å²) in [6, 6.07) is 3.12. The molecule has 1 N–H and O–H groups in total. The maximum absolute atomic E-state index is 9.41. The predicted molar refractivity (Wildman–Crippen MR) is 83.4 cm³/mol. The van der Waals surface area contributed by atoms with Gasteiger partial charge in [-0.05, 0) is 70.0 Å². The van der Waals surface area contributed by atoms with Crippen molar-refractivity contribution in [3.05, 3.63) is 0 Å². The summed E-state index contributed by atoms with van der Waals surface area (Å²) in [5, 5.41) is 12.7. The van der Waals surface area contributed by atoms with Gasteiger partial charge in [-0.1, -0.05) is 20.8 Å². The number of rotatable bonds is 2. The lowest BCUT2D eigenvalue weighted by Crippen LogP contribution is -2.42. The first-order valence-electron chi connectivity index (χ1n) is 8.24. The van der Waals surface area contributed by atoms with Crippen LogP contribution in [0.5, 0.6) is 0 Å². The molecule has 1 heterocycles. The molecule has 2 rings (SSSR count). The van der Waals surface area contributed by atoms with Crippen LogP contribution >= 0.6 is 0 Å². The van der Waals surface area contributed by atoms with Gasteiger partial charge in [-0.2, -0.15) is 5.26 Å². The van der Waals surface area contributed by atoms with E-state index in [1.165, 1.54) is 38.8 Å². The molecule has 1 saturated carbocycles. The Balaban J connectivity index is 1.94. The Bertz CT molecular complexity index is 365. The minimum absolute atomic E-state index is 0.263. The second-order valence-electron chi connectivity index (χ2n) is 7.87. The van der Waals surface area contributed by atoms with Gasteiger partial charge in [-0.3, -0.25) is 0 Å². The van der Waals surface area contributed by atoms with Crippen molar-refractivity contribution >= 4 is 0 Å². The Hall–Kier alpha value is -0.590. The van der Waals surface area contributed by atoms with Gasteiger partial charge in [0, 0.05) is 6.04 Å². The lowest BCUT2D eigenvalue weighted by atomic mass is 9.77. The molecule has 0 spiro atoms. The Morgan fingerprint density at radius 3 is 2.50 bits per heavy atom. The second-order valence-corrected chi connectivity index (χ2v) is 7.87. The Morgan fingerprint density at radius 1 is 1.20 bits per heavy atom. The lowest BCUT2D eigenvalue weighted by Gasteiger charge is -2.31. The summed E-state index contributed by atoms with van der Waals surface area (Å²) >= 11 is 0. The molecule has 3 atom stereocenters. The predicted octanol–water partition coefficient (Wildman–Crippen LogP) is 3.17. The highest BCUT2D eigenvalue weighted by Gasteiger charge is 2.41. The van der Waals surface area contributed by atoms with Gasteiger partial charge in [-0.15, -0.1) is 0 Å². The molecule has 0 aromatic rings. The van der Waals surface area contributed by atoms with Gasteiger partial charge in [-0.25, -0.2) is 0 Å². The van der Waals surface area contributed by atoms with Crippen LogP contribution in [-0.2, 0) is 0 Å². The summed E-state index contributed by atoms with van der Waals surface area (Å²) < 4.78 is 0. The third-order valence-corrected chi connectivity index (χ3v) is 5.68. The topological polar surface area (TPSA) is 39.1 Å². The molecule has 0 amide bonds. The van der Waals surface area contributed by atoms with E-state index in [9.17, 15) is 5.26 Å². The zero-order valence-electron chi connectivity index (χ0n) is 13.7. The van der Waals surface area contributed by atoms with Gasteiger partial charge < -0.3 is 10.2 Å². The van der Waals surface area contributed by atoms with Gasteiger partial charge in [0.1, 0.15) is 5.54 Å². The summed E-state index contributed by atoms with van der Waals surface area (Å²) in [4.78, 5) is 2.67. The van der Waals surface area contributed by atoms with E-state index in [2.05, 4.69) is 37.1 Å². The summed E-state index contributed by atoms with van der Waals surface area (Å²) in [7, 11) is 1.93. The zero-order valence-corrected chi connectivity index (χ0v) is 13.7. The van der Waals surface area contributed by atoms with Crippen LogP contribution in [0.2, 0.25) is 0 Å². The Labute approximate surface area is 124 Å². The molecule has 2 fully saturated rings. The minimum atomic E-state index is -0.263. The van der Waals surface area contributed by atoms with Gasteiger partial charge in [0.05, 0.1) is 6.07 Å². The number of hydrogen-bond donors (Lipinski definition) is 1. The maximum atomic E-state index is 9.41. The Kier molecular flexibility index (Phi) is 4.76. The summed E-state index contributed by atoms with van der Waals surface area (Å²) in [5.41, 5.74) is 0.174. The quantitative estimate of drug-likeness (QED) is 0.842. The zero-order chi connectivity index (χ0) is 14.8. The van der Waals surface area contributed by atoms with E-state index in [0.717, 1.165) is 18.8 Å². The van der Waals surface area contributed by atoms with E-state index in [0.29, 0.717) is 11.5 Å². The van der Waals surface area contributed by atoms with E-state index in [1.807, 2.05) is 7.05 Å². The summed E-state index contributed by atoms with van der Waals surface area (Å²) in [6.07, 6.45) is 7.18. The van der Waals surface area contributed by atoms with Gasteiger partial charge in [0.25, 0.3) is 0 Å². The average Bonchev–Trinajstić information content (AvgIpc) is 2.67. The molecule has 1 aliphatic heterocycles. The standard InChI is InChI=1S/C17H31N3/c1-16(2,3)14-6-5-10-20(11-8-14)15-7-9-17(12-15,13-18)19-4/h14-15,19H,5-12H2,1-4H3. The number of nitrogens with one attached hydrogen (secondary N) is 1. The Morgan fingerprint density at radius 2 is 1.95 bits per heavy atom. The van der Waals surface area contributed by atoms with Crippen LogP contribution in [0, 0.1) is 22.7 Å². The molecule has 20 heavy (non-hydrogen) atoms. The van der Waals surface area contributed by atoms with Crippen molar-refractivity contribution < 1.29 is 0 Å². The molecule has 3 heteroatoms. The number of likely N-dealkylation sites (tertiary alicyclic amines) is 1. The molecule has 3 unspecified atom stereocenters. The SMILES string of the molecule is CNC1(C#N)CCC(N2CCCC(C(C)(C)C)CC2)C1. The summed E-state index contributed by atoms with van der Waals surface area (Å²) in [6.45, 7) is 9.58. The minimum Gasteiger partial charge on any atom is -0.302 e. The van der Waals surface area contributed by atoms with Crippen molar-refractivity contribution in [1.82, 2.24) is 10.2 Å². The fourth-order valence-corrected chi connectivity index (χ4v) is 4.07. The number of nitriles is 1. The lowest BCUT2D eigenvalue weighted by molar-refractivity contribution is 0.179. The van der Waals surface area contributed by atoms with Gasteiger partial charge in [0.15, 0.2) is 0 Å². The molecule has 0 radical (unpaired) electrons. The van der Waals surface area contributed by atoms with Gasteiger partial charge >= 0.3 is 0 Å². The first kappa shape index (κ1) is 15.8. The molecule has 0 bridgehead atoms. The molecule has 114 valence electrons. The highest BCUT2D eigenvalue weighted by Crippen LogP contribution is 2.37. The maximum Gasteiger partial charge on any atom is 0.108 e. The van der Waals surface area contributed by atoms with Crippen LogP contribution in [0.15, 0.2) is 0 Å². The summed E-state index contributed by atoms with van der Waals surface area (Å²) in [5.74, 6) is 0.846. The van der Waals surface area contributed by atoms with E-state index < -0.39 is 0 Å². The van der Waals surface area contributed by atoms with E-state index in [-0.39, 0.29) is 5.54 Å². The first-order valence-corrected chi connectivity index (χ1v) is 8.24. The van der Waals surface area contributed by atoms with E-state index in [4.69, 9.17) is 0 Å². The normalized spacial score (nSPS) is 36.5. The fourth-order valence-electron chi connectivity index (χ4n) is 4.07. The third kappa shape index (κ3) is 3.35. The van der Waals surface area contributed by atoms with Crippen molar-refractivity contribution in [2.45, 2.75) is 70.9 Å². The second kappa shape index (κ2) is 6.03. The van der Waals surface area contributed by atoms with E-state index in [1.54, 1.807) is 0 Å². The van der Waals surface area contributed by atoms with Crippen molar-refractivity contribution in [3.63, 3.8) is 0 Å². The van der Waals surface area contributed by atoms with Crippen LogP contribution in [0.3, 0.4) is 0 Å². The largest absolute Gasteiger partial charge is 0.302 e. The molecule has 0 aromatic heterocycles. The monoisotopic (exact) mass is 277 g/mol. The van der Waals surface area contributed by atoms with Crippen molar-refractivity contribution in [2.24, 2.45) is 11.3 Å². The molecule has 3 nitrogen and oxygen atoms in total. The molecular weight excluding hydrogens is 246 g/mol. The van der Waals surface area contributed by atoms with E-state index >= 15 is 0 Å². The highest BCUT2D eigenvalue weighted by atomic mass is 15.2. The molecular formula is C17H31N3. The van der Waals surface area contributed by atoms with Crippen LogP contribution in [-0.4, -0.2) is 36.6 Å². The van der Waals surface area contributed by atoms with Crippen molar-refractivity contribution in [2.75, 3.05) is 20.1 Å². The van der Waals surface area contributed by atoms with Crippen molar-refractivity contribution in [3.8, 4) is 6.07 Å². The highest BCUT2D eigenvalue weighted by molar-refractivity contribution is 5.13. The van der Waals surface area contributed by atoms with Crippen LogP contribution in [0.1, 0.15) is 59.3 Å². The van der Waals surface area contributed by atoms with Crippen LogP contribution in [0.4, 0.5) is 0 Å². The van der Waals surface area contributed by atoms with Crippen LogP contribution in [0.25, 0.3) is 0 Å². The number of hydrogen-bond acceptors (Lipinski definition) is 3. The average molecular weight is 277 g/mol. The molecule has 1 aliphatic carbocycles. The molecule has 1 saturated heterocycles. The molecule has 2 aliphatic rings. The van der Waals surface area contributed by atoms with Gasteiger partial charge in [0.2, 0.25) is 0 Å². The molecule has 0 aromatic carbocycles.